The fourth-order valence-corrected chi connectivity index (χ4v) is 6.00. The van der Waals surface area contributed by atoms with Crippen LogP contribution in [0.3, 0.4) is 0 Å². The fraction of sp³-hybridized carbons (Fsp3) is 0.423. The van der Waals surface area contributed by atoms with Gasteiger partial charge in [0.1, 0.15) is 0 Å². The molecule has 0 amide bonds. The lowest BCUT2D eigenvalue weighted by Crippen LogP contribution is -2.19. The summed E-state index contributed by atoms with van der Waals surface area (Å²) in [5.74, 6) is -2.70. The normalized spacial score (nSPS) is 15.2. The van der Waals surface area contributed by atoms with E-state index in [9.17, 15) is 35.3 Å². The number of allylic oxidation sites excluding steroid dienone is 1. The summed E-state index contributed by atoms with van der Waals surface area (Å²) in [5, 5.41) is -0.542. The van der Waals surface area contributed by atoms with Crippen molar-refractivity contribution >= 4 is 57.5 Å². The topological polar surface area (TPSA) is 34.1 Å². The molecule has 2 aromatic carbocycles. The fourth-order valence-electron chi connectivity index (χ4n) is 3.76. The summed E-state index contributed by atoms with van der Waals surface area (Å²) in [6.45, 7) is 5.40. The molecule has 0 radical (unpaired) electrons. The van der Waals surface area contributed by atoms with Gasteiger partial charge in [-0.15, -0.1) is 0 Å². The third-order valence-corrected chi connectivity index (χ3v) is 8.55. The number of Topliss-reactive ketones (excluding diaryl/α,β-unsaturated/α-hetero) is 1. The minimum atomic E-state index is -4.93. The Hall–Kier alpha value is -1.55. The Labute approximate surface area is 234 Å². The molecule has 0 N–H and O–H groups in total. The molecule has 2 unspecified atom stereocenters. The van der Waals surface area contributed by atoms with E-state index in [1.165, 1.54) is 0 Å². The standard InChI is InChI=1S/C26H25Cl3F6O2S/c1-14(2)12-38(37)13-15(3)8-23(36)18-6-4-16(9-20(18)26(33,34)35)5-7-19(25(30,31)32)17-10-21(27)24(29)22(28)11-17/h4-7,9-11,14-15,19H,8,12-13H2,1-3H3/b7-5+/t15-,19?,38?/m0/s1. The highest BCUT2D eigenvalue weighted by atomic mass is 35.5. The highest BCUT2D eigenvalue weighted by molar-refractivity contribution is 7.85. The van der Waals surface area contributed by atoms with Gasteiger partial charge in [0.25, 0.3) is 0 Å². The minimum absolute atomic E-state index is 0.127. The first-order chi connectivity index (χ1) is 17.4. The molecule has 2 nitrogen and oxygen atoms in total. The molecule has 0 heterocycles. The Bertz CT molecular complexity index is 1190. The molecular weight excluding hydrogens is 597 g/mol. The number of ketones is 1. The Balaban J connectivity index is 2.37. The van der Waals surface area contributed by atoms with Crippen LogP contribution in [0.15, 0.2) is 36.4 Å². The van der Waals surface area contributed by atoms with Crippen molar-refractivity contribution in [1.29, 1.82) is 0 Å². The zero-order valence-electron chi connectivity index (χ0n) is 20.5. The van der Waals surface area contributed by atoms with Crippen molar-refractivity contribution in [3.8, 4) is 0 Å². The predicted octanol–water partition coefficient (Wildman–Crippen LogP) is 9.64. The summed E-state index contributed by atoms with van der Waals surface area (Å²) < 4.78 is 94.9. The molecule has 3 atom stereocenters. The maximum atomic E-state index is 13.8. The number of carbonyl (C=O) groups excluding carboxylic acids is 1. The lowest BCUT2D eigenvalue weighted by molar-refractivity contribution is -0.139. The Morgan fingerprint density at radius 1 is 0.947 bits per heavy atom. The van der Waals surface area contributed by atoms with Crippen LogP contribution in [0.1, 0.15) is 60.2 Å². The molecule has 0 aliphatic rings. The summed E-state index contributed by atoms with van der Waals surface area (Å²) in [6.07, 6.45) is -8.43. The van der Waals surface area contributed by atoms with Crippen LogP contribution in [-0.4, -0.2) is 27.7 Å². The zero-order valence-corrected chi connectivity index (χ0v) is 23.6. The molecule has 12 heteroatoms. The van der Waals surface area contributed by atoms with Crippen LogP contribution in [0.4, 0.5) is 26.3 Å². The second-order valence-electron chi connectivity index (χ2n) is 9.38. The van der Waals surface area contributed by atoms with Gasteiger partial charge in [0.05, 0.1) is 26.5 Å². The van der Waals surface area contributed by atoms with Crippen molar-refractivity contribution < 1.29 is 35.3 Å². The second-order valence-corrected chi connectivity index (χ2v) is 12.1. The van der Waals surface area contributed by atoms with Crippen molar-refractivity contribution in [2.45, 2.75) is 45.5 Å². The van der Waals surface area contributed by atoms with Crippen molar-refractivity contribution in [1.82, 2.24) is 0 Å². The number of halogens is 9. The maximum absolute atomic E-state index is 13.8. The van der Waals surface area contributed by atoms with Crippen LogP contribution >= 0.6 is 34.8 Å². The van der Waals surface area contributed by atoms with Gasteiger partial charge in [-0.3, -0.25) is 9.00 Å². The van der Waals surface area contributed by atoms with Crippen LogP contribution in [0.25, 0.3) is 6.08 Å². The minimum Gasteiger partial charge on any atom is -0.294 e. The summed E-state index contributed by atoms with van der Waals surface area (Å²) in [5.41, 5.74) is -2.40. The molecule has 2 aromatic rings. The van der Waals surface area contributed by atoms with Gasteiger partial charge < -0.3 is 0 Å². The van der Waals surface area contributed by atoms with E-state index in [-0.39, 0.29) is 44.3 Å². The molecule has 0 aliphatic carbocycles. The van der Waals surface area contributed by atoms with Gasteiger partial charge in [-0.2, -0.15) is 26.3 Å². The number of carbonyl (C=O) groups is 1. The van der Waals surface area contributed by atoms with Gasteiger partial charge in [0.15, 0.2) is 5.78 Å². The zero-order chi connectivity index (χ0) is 29.0. The summed E-state index contributed by atoms with van der Waals surface area (Å²) in [7, 11) is -1.21. The van der Waals surface area contributed by atoms with Gasteiger partial charge in [0.2, 0.25) is 0 Å². The molecule has 0 saturated carbocycles. The third kappa shape index (κ3) is 9.28. The Morgan fingerprint density at radius 3 is 2.03 bits per heavy atom. The maximum Gasteiger partial charge on any atom is 0.417 e. The van der Waals surface area contributed by atoms with Crippen molar-refractivity contribution in [3.63, 3.8) is 0 Å². The van der Waals surface area contributed by atoms with Crippen LogP contribution in [-0.2, 0) is 17.0 Å². The van der Waals surface area contributed by atoms with E-state index in [1.807, 2.05) is 13.8 Å². The first-order valence-electron chi connectivity index (χ1n) is 11.4. The number of benzene rings is 2. The van der Waals surface area contributed by atoms with E-state index in [0.29, 0.717) is 17.9 Å². The van der Waals surface area contributed by atoms with Crippen LogP contribution in [0.5, 0.6) is 0 Å². The van der Waals surface area contributed by atoms with Crippen molar-refractivity contribution in [2.75, 3.05) is 11.5 Å². The van der Waals surface area contributed by atoms with E-state index >= 15 is 0 Å². The summed E-state index contributed by atoms with van der Waals surface area (Å²) in [6, 6.07) is 4.67. The number of hydrogen-bond acceptors (Lipinski definition) is 2. The average molecular weight is 622 g/mol. The molecule has 0 spiro atoms. The lowest BCUT2D eigenvalue weighted by Gasteiger charge is -2.19. The first kappa shape index (κ1) is 32.7. The van der Waals surface area contributed by atoms with E-state index in [1.54, 1.807) is 6.92 Å². The largest absolute Gasteiger partial charge is 0.417 e. The first-order valence-corrected chi connectivity index (χ1v) is 14.0. The number of rotatable bonds is 10. The van der Waals surface area contributed by atoms with E-state index in [2.05, 4.69) is 0 Å². The van der Waals surface area contributed by atoms with Crippen LogP contribution in [0, 0.1) is 11.8 Å². The van der Waals surface area contributed by atoms with Crippen molar-refractivity contribution in [2.24, 2.45) is 11.8 Å². The smallest absolute Gasteiger partial charge is 0.294 e. The van der Waals surface area contributed by atoms with Gasteiger partial charge in [-0.1, -0.05) is 79.9 Å². The summed E-state index contributed by atoms with van der Waals surface area (Å²) in [4.78, 5) is 12.7. The van der Waals surface area contributed by atoms with Gasteiger partial charge in [-0.05, 0) is 41.2 Å². The SMILES string of the molecule is CC(C)CS(=O)C[C@@H](C)CC(=O)c1ccc(/C=C/C(c2cc(Cl)c(Cl)c(Cl)c2)C(F)(F)F)cc1C(F)(F)F. The average Bonchev–Trinajstić information content (AvgIpc) is 2.75. The van der Waals surface area contributed by atoms with E-state index < -0.39 is 51.9 Å². The number of hydrogen-bond donors (Lipinski definition) is 0. The molecule has 0 saturated heterocycles. The molecule has 2 rings (SSSR count). The van der Waals surface area contributed by atoms with Crippen LogP contribution < -0.4 is 0 Å². The third-order valence-electron chi connectivity index (χ3n) is 5.37. The number of alkyl halides is 6. The Kier molecular flexibility index (Phi) is 11.3. The molecular formula is C26H25Cl3F6O2S. The Morgan fingerprint density at radius 2 is 1.53 bits per heavy atom. The molecule has 210 valence electrons. The summed E-state index contributed by atoms with van der Waals surface area (Å²) >= 11 is 17.5. The molecule has 0 aromatic heterocycles. The second kappa shape index (κ2) is 13.2. The predicted molar refractivity (Wildman–Crippen MR) is 142 cm³/mol. The quantitative estimate of drug-likeness (QED) is 0.150. The van der Waals surface area contributed by atoms with Gasteiger partial charge >= 0.3 is 12.4 Å². The van der Waals surface area contributed by atoms with Crippen molar-refractivity contribution in [3.05, 3.63) is 73.7 Å². The molecule has 0 bridgehead atoms. The highest BCUT2D eigenvalue weighted by Gasteiger charge is 2.40. The monoisotopic (exact) mass is 620 g/mol. The molecule has 38 heavy (non-hydrogen) atoms. The highest BCUT2D eigenvalue weighted by Crippen LogP contribution is 2.41. The van der Waals surface area contributed by atoms with E-state index in [0.717, 1.165) is 30.3 Å². The van der Waals surface area contributed by atoms with Gasteiger partial charge in [0, 0.05) is 34.3 Å². The van der Waals surface area contributed by atoms with E-state index in [4.69, 9.17) is 34.8 Å². The molecule has 0 fully saturated rings. The lowest BCUT2D eigenvalue weighted by atomic mass is 9.93. The van der Waals surface area contributed by atoms with Crippen LogP contribution in [0.2, 0.25) is 15.1 Å². The van der Waals surface area contributed by atoms with Gasteiger partial charge in [-0.25, -0.2) is 0 Å². The molecule has 0 aliphatic heterocycles.